The minimum atomic E-state index is 0. The van der Waals surface area contributed by atoms with Gasteiger partial charge in [0.2, 0.25) is 0 Å². The van der Waals surface area contributed by atoms with Crippen LogP contribution in [0.25, 0.3) is 22.2 Å². The third-order valence-electron chi connectivity index (χ3n) is 4.50. The summed E-state index contributed by atoms with van der Waals surface area (Å²) in [6.45, 7) is 0. The van der Waals surface area contributed by atoms with Gasteiger partial charge in [-0.3, -0.25) is 10.8 Å². The molecule has 0 fully saturated rings. The van der Waals surface area contributed by atoms with Gasteiger partial charge in [-0.1, -0.05) is 12.1 Å². The number of rotatable bonds is 5. The first-order chi connectivity index (χ1) is 13.5. The van der Waals surface area contributed by atoms with Crippen molar-refractivity contribution >= 4 is 47.4 Å². The van der Waals surface area contributed by atoms with Gasteiger partial charge in [-0.25, -0.2) is 0 Å². The van der Waals surface area contributed by atoms with Crippen molar-refractivity contribution in [3.05, 3.63) is 83.9 Å². The molecule has 0 amide bonds. The molecule has 6 nitrogen and oxygen atoms in total. The molecule has 0 spiro atoms. The molecular weight excluding hydrogens is 421 g/mol. The zero-order valence-corrected chi connectivity index (χ0v) is 17.4. The number of nitrogen functional groups attached to an aromatic ring is 2. The minimum absolute atomic E-state index is 0. The second-order valence-electron chi connectivity index (χ2n) is 6.46. The Hall–Kier alpha value is -3.48. The van der Waals surface area contributed by atoms with Crippen molar-refractivity contribution in [2.45, 2.75) is 0 Å². The summed E-state index contributed by atoms with van der Waals surface area (Å²) in [7, 11) is 0. The summed E-state index contributed by atoms with van der Waals surface area (Å²) in [6.07, 6.45) is 0. The zero-order chi connectivity index (χ0) is 19.7. The predicted octanol–water partition coefficient (Wildman–Crippen LogP) is 5.04. The van der Waals surface area contributed by atoms with Gasteiger partial charge in [0, 0.05) is 27.7 Å². The number of H-pyrrole nitrogens is 1. The van der Waals surface area contributed by atoms with Gasteiger partial charge < -0.3 is 21.2 Å². The van der Waals surface area contributed by atoms with Crippen molar-refractivity contribution < 1.29 is 4.74 Å². The lowest BCUT2D eigenvalue weighted by atomic mass is 10.1. The lowest BCUT2D eigenvalue weighted by Gasteiger charge is -2.07. The molecule has 154 valence electrons. The minimum Gasteiger partial charge on any atom is -0.457 e. The Morgan fingerprint density at radius 2 is 1.23 bits per heavy atom. The van der Waals surface area contributed by atoms with Gasteiger partial charge in [-0.05, 0) is 66.2 Å². The van der Waals surface area contributed by atoms with E-state index >= 15 is 0 Å². The van der Waals surface area contributed by atoms with E-state index in [4.69, 9.17) is 27.0 Å². The molecule has 0 radical (unpaired) electrons. The number of halogens is 2. The lowest BCUT2D eigenvalue weighted by Crippen LogP contribution is -2.10. The number of nitrogens with one attached hydrogen (secondary N) is 3. The average molecular weight is 442 g/mol. The van der Waals surface area contributed by atoms with Crippen LogP contribution in [0.3, 0.4) is 0 Å². The maximum Gasteiger partial charge on any atom is 0.127 e. The van der Waals surface area contributed by atoms with E-state index in [-0.39, 0.29) is 36.5 Å². The monoisotopic (exact) mass is 441 g/mol. The third kappa shape index (κ3) is 4.74. The van der Waals surface area contributed by atoms with E-state index in [0.29, 0.717) is 22.6 Å². The summed E-state index contributed by atoms with van der Waals surface area (Å²) in [5.41, 5.74) is 15.3. The van der Waals surface area contributed by atoms with Crippen LogP contribution in [-0.2, 0) is 0 Å². The van der Waals surface area contributed by atoms with Crippen molar-refractivity contribution in [3.8, 4) is 22.8 Å². The first kappa shape index (κ1) is 22.8. The Bertz CT molecular complexity index is 1180. The molecule has 7 N–H and O–H groups in total. The fourth-order valence-electron chi connectivity index (χ4n) is 2.99. The highest BCUT2D eigenvalue weighted by Crippen LogP contribution is 2.28. The van der Waals surface area contributed by atoms with Gasteiger partial charge in [0.15, 0.2) is 0 Å². The molecule has 1 heterocycles. The van der Waals surface area contributed by atoms with Gasteiger partial charge in [-0.2, -0.15) is 0 Å². The maximum atomic E-state index is 7.56. The Morgan fingerprint density at radius 1 is 0.700 bits per heavy atom. The molecule has 0 bridgehead atoms. The number of ether oxygens (including phenoxy) is 1. The van der Waals surface area contributed by atoms with Crippen LogP contribution in [0.4, 0.5) is 0 Å². The molecule has 0 saturated heterocycles. The number of amidine groups is 2. The van der Waals surface area contributed by atoms with Crippen LogP contribution in [0.15, 0.2) is 72.8 Å². The molecule has 3 aromatic carbocycles. The van der Waals surface area contributed by atoms with E-state index in [9.17, 15) is 0 Å². The first-order valence-corrected chi connectivity index (χ1v) is 8.69. The van der Waals surface area contributed by atoms with Crippen molar-refractivity contribution in [2.75, 3.05) is 0 Å². The van der Waals surface area contributed by atoms with E-state index in [1.165, 1.54) is 0 Å². The fraction of sp³-hybridized carbons (Fsp3) is 0. The zero-order valence-electron chi connectivity index (χ0n) is 15.8. The number of aromatic nitrogens is 1. The van der Waals surface area contributed by atoms with Crippen molar-refractivity contribution in [2.24, 2.45) is 11.5 Å². The molecule has 4 rings (SSSR count). The highest BCUT2D eigenvalue weighted by molar-refractivity contribution is 5.99. The van der Waals surface area contributed by atoms with Crippen LogP contribution in [0.2, 0.25) is 0 Å². The number of nitrogens with two attached hydrogens (primary N) is 2. The smallest absolute Gasteiger partial charge is 0.127 e. The van der Waals surface area contributed by atoms with Crippen LogP contribution in [0.5, 0.6) is 11.5 Å². The summed E-state index contributed by atoms with van der Waals surface area (Å²) in [5.74, 6) is 1.48. The molecule has 4 aromatic rings. The second kappa shape index (κ2) is 9.35. The Balaban J connectivity index is 0.00000160. The average Bonchev–Trinajstić information content (AvgIpc) is 3.12. The van der Waals surface area contributed by atoms with Crippen molar-refractivity contribution in [1.29, 1.82) is 10.8 Å². The van der Waals surface area contributed by atoms with E-state index in [2.05, 4.69) is 11.1 Å². The number of hydrogen-bond donors (Lipinski definition) is 5. The summed E-state index contributed by atoms with van der Waals surface area (Å²) >= 11 is 0. The fourth-order valence-corrected chi connectivity index (χ4v) is 2.99. The second-order valence-corrected chi connectivity index (χ2v) is 6.46. The summed E-state index contributed by atoms with van der Waals surface area (Å²) in [5, 5.41) is 16.0. The number of benzene rings is 3. The molecule has 0 atom stereocenters. The number of hydrogen-bond acceptors (Lipinski definition) is 3. The molecule has 1 aromatic heterocycles. The topological polar surface area (TPSA) is 125 Å². The maximum absolute atomic E-state index is 7.56. The molecule has 0 aliphatic carbocycles. The first-order valence-electron chi connectivity index (χ1n) is 8.69. The van der Waals surface area contributed by atoms with E-state index in [1.54, 1.807) is 24.3 Å². The SMILES string of the molecule is Cl.Cl.N=C(N)c1ccc(Oc2ccc(-c3cc4ccc(C(=N)N)cc4[nH]3)cc2)cc1. The van der Waals surface area contributed by atoms with Crippen molar-refractivity contribution in [3.63, 3.8) is 0 Å². The Kier molecular flexibility index (Phi) is 7.10. The van der Waals surface area contributed by atoms with Gasteiger partial charge in [-0.15, -0.1) is 24.8 Å². The van der Waals surface area contributed by atoms with Gasteiger partial charge in [0.25, 0.3) is 0 Å². The van der Waals surface area contributed by atoms with E-state index in [1.807, 2.05) is 42.5 Å². The summed E-state index contributed by atoms with van der Waals surface area (Å²) in [6, 6.07) is 22.6. The molecule has 30 heavy (non-hydrogen) atoms. The van der Waals surface area contributed by atoms with Crippen molar-refractivity contribution in [1.82, 2.24) is 4.98 Å². The third-order valence-corrected chi connectivity index (χ3v) is 4.50. The molecule has 0 aliphatic rings. The van der Waals surface area contributed by atoms with Crippen LogP contribution in [0, 0.1) is 10.8 Å². The Morgan fingerprint density at radius 3 is 1.80 bits per heavy atom. The normalized spacial score (nSPS) is 10.0. The van der Waals surface area contributed by atoms with Gasteiger partial charge in [0.1, 0.15) is 23.2 Å². The van der Waals surface area contributed by atoms with Crippen LogP contribution in [0.1, 0.15) is 11.1 Å². The molecule has 0 aliphatic heterocycles. The molecule has 8 heteroatoms. The highest BCUT2D eigenvalue weighted by atomic mass is 35.5. The lowest BCUT2D eigenvalue weighted by molar-refractivity contribution is 0.483. The van der Waals surface area contributed by atoms with Crippen LogP contribution >= 0.6 is 24.8 Å². The highest BCUT2D eigenvalue weighted by Gasteiger charge is 2.06. The largest absolute Gasteiger partial charge is 0.457 e. The van der Waals surface area contributed by atoms with Crippen LogP contribution in [-0.4, -0.2) is 16.7 Å². The predicted molar refractivity (Wildman–Crippen MR) is 127 cm³/mol. The summed E-state index contributed by atoms with van der Waals surface area (Å²) < 4.78 is 5.85. The summed E-state index contributed by atoms with van der Waals surface area (Å²) in [4.78, 5) is 3.37. The number of aromatic amines is 1. The quantitative estimate of drug-likeness (QED) is 0.220. The standard InChI is InChI=1S/C22H19N5O.2ClH/c23-21(24)14-5-9-18(10-6-14)28-17-7-3-13(4-8-17)19-11-15-1-2-16(22(25)26)12-20(15)27-19;;/h1-12,27H,(H3,23,24)(H3,25,26);2*1H. The van der Waals surface area contributed by atoms with Crippen LogP contribution < -0.4 is 16.2 Å². The number of fused-ring (bicyclic) bond motifs is 1. The molecule has 0 saturated carbocycles. The molecular formula is C22H21Cl2N5O. The van der Waals surface area contributed by atoms with E-state index < -0.39 is 0 Å². The van der Waals surface area contributed by atoms with Gasteiger partial charge >= 0.3 is 0 Å². The Labute approximate surface area is 186 Å². The van der Waals surface area contributed by atoms with E-state index in [0.717, 1.165) is 22.2 Å². The molecule has 0 unspecified atom stereocenters. The van der Waals surface area contributed by atoms with Gasteiger partial charge in [0.05, 0.1) is 0 Å².